The molecule has 6 heteroatoms. The maximum absolute atomic E-state index is 12.4. The lowest BCUT2D eigenvalue weighted by Gasteiger charge is -2.42. The molecule has 1 atom stereocenters. The van der Waals surface area contributed by atoms with Gasteiger partial charge in [0, 0.05) is 13.1 Å². The number of carbonyl (C=O) groups is 1. The van der Waals surface area contributed by atoms with E-state index in [2.05, 4.69) is 9.55 Å². The largest absolute Gasteiger partial charge is 0.438 e. The number of imidazole rings is 1. The third-order valence-corrected chi connectivity index (χ3v) is 5.86. The Hall–Kier alpha value is -2.08. The van der Waals surface area contributed by atoms with Crippen molar-refractivity contribution in [3.8, 4) is 0 Å². The van der Waals surface area contributed by atoms with E-state index in [1.165, 1.54) is 4.90 Å². The van der Waals surface area contributed by atoms with Crippen LogP contribution in [0.3, 0.4) is 0 Å². The van der Waals surface area contributed by atoms with Crippen molar-refractivity contribution >= 4 is 17.1 Å². The summed E-state index contributed by atoms with van der Waals surface area (Å²) in [5.74, 6) is 0. The minimum atomic E-state index is -1.23. The molecule has 1 spiro atoms. The van der Waals surface area contributed by atoms with Crippen LogP contribution in [0.5, 0.6) is 0 Å². The first-order valence-corrected chi connectivity index (χ1v) is 9.16. The number of para-hydroxylation sites is 2. The maximum Gasteiger partial charge on any atom is 0.412 e. The fourth-order valence-electron chi connectivity index (χ4n) is 4.34. The van der Waals surface area contributed by atoms with Crippen molar-refractivity contribution in [1.29, 1.82) is 0 Å². The second-order valence-corrected chi connectivity index (χ2v) is 7.38. The molecular formula is C19H25N3O3. The van der Waals surface area contributed by atoms with E-state index >= 15 is 0 Å². The van der Waals surface area contributed by atoms with E-state index in [-0.39, 0.29) is 6.09 Å². The minimum absolute atomic E-state index is 0.387. The van der Waals surface area contributed by atoms with Crippen LogP contribution in [0.15, 0.2) is 30.6 Å². The van der Waals surface area contributed by atoms with Crippen LogP contribution in [0, 0.1) is 0 Å². The normalized spacial score (nSPS) is 25.7. The van der Waals surface area contributed by atoms with E-state index in [9.17, 15) is 9.90 Å². The van der Waals surface area contributed by atoms with E-state index in [0.717, 1.165) is 56.1 Å². The maximum atomic E-state index is 12.4. The van der Waals surface area contributed by atoms with Crippen molar-refractivity contribution in [1.82, 2.24) is 14.5 Å². The molecule has 2 heterocycles. The molecule has 2 aromatic rings. The van der Waals surface area contributed by atoms with Crippen molar-refractivity contribution in [2.75, 3.05) is 6.54 Å². The molecule has 0 unspecified atom stereocenters. The molecule has 0 radical (unpaired) electrons. The van der Waals surface area contributed by atoms with E-state index in [4.69, 9.17) is 4.74 Å². The van der Waals surface area contributed by atoms with Crippen LogP contribution in [0.4, 0.5) is 4.79 Å². The van der Waals surface area contributed by atoms with Gasteiger partial charge >= 0.3 is 6.09 Å². The molecule has 134 valence electrons. The molecular weight excluding hydrogens is 318 g/mol. The predicted molar refractivity (Wildman–Crippen MR) is 94.0 cm³/mol. The number of ether oxygens (including phenoxy) is 1. The van der Waals surface area contributed by atoms with Crippen LogP contribution in [0.25, 0.3) is 11.0 Å². The molecule has 1 aromatic carbocycles. The summed E-state index contributed by atoms with van der Waals surface area (Å²) in [7, 11) is 0. The number of carbonyl (C=O) groups excluding carboxylic acids is 1. The number of benzene rings is 1. The lowest BCUT2D eigenvalue weighted by molar-refractivity contribution is -0.158. The van der Waals surface area contributed by atoms with E-state index in [1.54, 1.807) is 6.92 Å². The summed E-state index contributed by atoms with van der Waals surface area (Å²) in [5, 5.41) is 11.1. The van der Waals surface area contributed by atoms with Crippen LogP contribution < -0.4 is 0 Å². The molecule has 0 bridgehead atoms. The van der Waals surface area contributed by atoms with Gasteiger partial charge in [0.1, 0.15) is 0 Å². The smallest absolute Gasteiger partial charge is 0.412 e. The molecule has 25 heavy (non-hydrogen) atoms. The summed E-state index contributed by atoms with van der Waals surface area (Å²) in [5.41, 5.74) is 0.0872. The summed E-state index contributed by atoms with van der Waals surface area (Å²) in [6.07, 6.45) is 6.81. The van der Waals surface area contributed by atoms with Gasteiger partial charge in [-0.15, -0.1) is 0 Å². The summed E-state index contributed by atoms with van der Waals surface area (Å²) in [6, 6.07) is 8.00. The number of hydrogen-bond donors (Lipinski definition) is 1. The highest BCUT2D eigenvalue weighted by Gasteiger charge is 2.61. The Labute approximate surface area is 147 Å². The van der Waals surface area contributed by atoms with Gasteiger partial charge in [0.05, 0.1) is 17.4 Å². The monoisotopic (exact) mass is 343 g/mol. The number of nitrogens with zero attached hydrogens (tertiary/aromatic N) is 3. The zero-order valence-electron chi connectivity index (χ0n) is 14.6. The first-order chi connectivity index (χ1) is 12.0. The first kappa shape index (κ1) is 16.4. The van der Waals surface area contributed by atoms with Crippen molar-refractivity contribution in [3.63, 3.8) is 0 Å². The third-order valence-electron chi connectivity index (χ3n) is 5.86. The second kappa shape index (κ2) is 6.02. The standard InChI is InChI=1S/C19H25N3O3/c1-18(24)19(10-5-2-6-11-19)25-17(23)22(18)13-7-12-21-14-20-15-8-3-4-9-16(15)21/h3-4,8-9,14,24H,2,5-7,10-13H2,1H3/t18-/m1/s1. The van der Waals surface area contributed by atoms with Gasteiger partial charge in [-0.05, 0) is 51.2 Å². The lowest BCUT2D eigenvalue weighted by Crippen LogP contribution is -2.57. The highest BCUT2D eigenvalue weighted by Crippen LogP contribution is 2.46. The third kappa shape index (κ3) is 2.59. The lowest BCUT2D eigenvalue weighted by atomic mass is 9.77. The quantitative estimate of drug-likeness (QED) is 0.925. The fourth-order valence-corrected chi connectivity index (χ4v) is 4.34. The Morgan fingerprint density at radius 1 is 1.20 bits per heavy atom. The summed E-state index contributed by atoms with van der Waals surface area (Å²) in [6.45, 7) is 2.95. The Kier molecular flexibility index (Phi) is 3.95. The van der Waals surface area contributed by atoms with Gasteiger partial charge in [0.25, 0.3) is 0 Å². The average molecular weight is 343 g/mol. The molecule has 2 fully saturated rings. The van der Waals surface area contributed by atoms with Crippen molar-refractivity contribution in [2.24, 2.45) is 0 Å². The van der Waals surface area contributed by atoms with Gasteiger partial charge in [0.15, 0.2) is 11.3 Å². The van der Waals surface area contributed by atoms with E-state index < -0.39 is 11.3 Å². The van der Waals surface area contributed by atoms with Gasteiger partial charge in [-0.2, -0.15) is 0 Å². The predicted octanol–water partition coefficient (Wildman–Crippen LogP) is 3.29. The number of rotatable bonds is 4. The van der Waals surface area contributed by atoms with Crippen LogP contribution in [0.2, 0.25) is 0 Å². The second-order valence-electron chi connectivity index (χ2n) is 7.38. The molecule has 1 N–H and O–H groups in total. The van der Waals surface area contributed by atoms with Gasteiger partial charge < -0.3 is 14.4 Å². The van der Waals surface area contributed by atoms with Crippen molar-refractivity contribution in [2.45, 2.75) is 63.3 Å². The number of fused-ring (bicyclic) bond motifs is 1. The number of aryl methyl sites for hydroxylation is 1. The number of aromatic nitrogens is 2. The zero-order chi connectivity index (χ0) is 17.5. The van der Waals surface area contributed by atoms with Gasteiger partial charge in [-0.1, -0.05) is 18.6 Å². The molecule has 4 rings (SSSR count). The SMILES string of the molecule is C[C@]1(O)N(CCCn2cnc3ccccc32)C(=O)OC12CCCCC2. The van der Waals surface area contributed by atoms with Crippen molar-refractivity contribution < 1.29 is 14.6 Å². The van der Waals surface area contributed by atoms with Crippen LogP contribution in [-0.4, -0.2) is 43.5 Å². The van der Waals surface area contributed by atoms with Gasteiger partial charge in [-0.3, -0.25) is 4.90 Å². The molecule has 1 aliphatic heterocycles. The summed E-state index contributed by atoms with van der Waals surface area (Å²) in [4.78, 5) is 18.3. The van der Waals surface area contributed by atoms with Crippen LogP contribution in [0.1, 0.15) is 45.4 Å². The molecule has 1 saturated heterocycles. The number of amides is 1. The van der Waals surface area contributed by atoms with Crippen molar-refractivity contribution in [3.05, 3.63) is 30.6 Å². The molecule has 1 amide bonds. The van der Waals surface area contributed by atoms with Crippen LogP contribution in [-0.2, 0) is 11.3 Å². The molecule has 6 nitrogen and oxygen atoms in total. The first-order valence-electron chi connectivity index (χ1n) is 9.16. The molecule has 1 aromatic heterocycles. The van der Waals surface area contributed by atoms with Gasteiger partial charge in [-0.25, -0.2) is 9.78 Å². The Morgan fingerprint density at radius 3 is 2.76 bits per heavy atom. The number of aliphatic hydroxyl groups is 1. The highest BCUT2D eigenvalue weighted by molar-refractivity contribution is 5.75. The molecule has 2 aliphatic rings. The Bertz CT molecular complexity index is 777. The average Bonchev–Trinajstić information content (AvgIpc) is 3.09. The Balaban J connectivity index is 1.44. The van der Waals surface area contributed by atoms with Crippen LogP contribution >= 0.6 is 0 Å². The highest BCUT2D eigenvalue weighted by atomic mass is 16.6. The number of hydrogen-bond acceptors (Lipinski definition) is 4. The minimum Gasteiger partial charge on any atom is -0.438 e. The summed E-state index contributed by atoms with van der Waals surface area (Å²) < 4.78 is 7.78. The topological polar surface area (TPSA) is 67.6 Å². The zero-order valence-corrected chi connectivity index (χ0v) is 14.6. The summed E-state index contributed by atoms with van der Waals surface area (Å²) >= 11 is 0. The molecule has 1 aliphatic carbocycles. The molecule has 1 saturated carbocycles. The Morgan fingerprint density at radius 2 is 1.96 bits per heavy atom. The fraction of sp³-hybridized carbons (Fsp3) is 0.579. The van der Waals surface area contributed by atoms with E-state index in [1.807, 2.05) is 30.6 Å². The van der Waals surface area contributed by atoms with E-state index in [0.29, 0.717) is 6.54 Å². The van der Waals surface area contributed by atoms with Gasteiger partial charge in [0.2, 0.25) is 0 Å².